The third-order valence-corrected chi connectivity index (χ3v) is 4.72. The van der Waals surface area contributed by atoms with Crippen LogP contribution in [0.2, 0.25) is 0 Å². The number of aliphatic carboxylic acids is 1. The zero-order valence-electron chi connectivity index (χ0n) is 11.6. The molecule has 0 aromatic heterocycles. The van der Waals surface area contributed by atoms with Crippen LogP contribution in [0.4, 0.5) is 0 Å². The van der Waals surface area contributed by atoms with E-state index in [1.54, 1.807) is 0 Å². The van der Waals surface area contributed by atoms with Crippen LogP contribution < -0.4 is 10.6 Å². The highest BCUT2D eigenvalue weighted by Gasteiger charge is 2.42. The van der Waals surface area contributed by atoms with Crippen molar-refractivity contribution in [1.82, 2.24) is 10.6 Å². The average Bonchev–Trinajstić information content (AvgIpc) is 2.85. The minimum atomic E-state index is -0.767. The molecule has 1 atom stereocenters. The van der Waals surface area contributed by atoms with Crippen LogP contribution in [0.15, 0.2) is 0 Å². The molecule has 0 bridgehead atoms. The second-order valence-electron chi connectivity index (χ2n) is 6.19. The molecule has 2 rings (SSSR count). The number of nitrogens with one attached hydrogen (secondary N) is 2. The predicted molar refractivity (Wildman–Crippen MR) is 71.8 cm³/mol. The first kappa shape index (κ1) is 14.3. The highest BCUT2D eigenvalue weighted by atomic mass is 16.4. The van der Waals surface area contributed by atoms with E-state index in [9.17, 15) is 14.7 Å². The van der Waals surface area contributed by atoms with Crippen molar-refractivity contribution < 1.29 is 14.7 Å². The van der Waals surface area contributed by atoms with Crippen molar-refractivity contribution in [2.24, 2.45) is 5.41 Å². The molecule has 1 aliphatic heterocycles. The molecule has 1 saturated heterocycles. The quantitative estimate of drug-likeness (QED) is 0.717. The summed E-state index contributed by atoms with van der Waals surface area (Å²) in [5.74, 6) is -0.826. The fraction of sp³-hybridized carbons (Fsp3) is 0.857. The van der Waals surface area contributed by atoms with Gasteiger partial charge in [0.1, 0.15) is 0 Å². The molecule has 1 unspecified atom stereocenters. The van der Waals surface area contributed by atoms with E-state index < -0.39 is 16.9 Å². The molecule has 108 valence electrons. The third-order valence-electron chi connectivity index (χ3n) is 4.72. The number of hydrogen-bond acceptors (Lipinski definition) is 3. The first-order chi connectivity index (χ1) is 8.99. The fourth-order valence-electron chi connectivity index (χ4n) is 3.23. The molecule has 0 aromatic carbocycles. The van der Waals surface area contributed by atoms with Crippen molar-refractivity contribution in [1.29, 1.82) is 0 Å². The van der Waals surface area contributed by atoms with Crippen molar-refractivity contribution in [3.63, 3.8) is 0 Å². The molecule has 3 N–H and O–H groups in total. The van der Waals surface area contributed by atoms with Gasteiger partial charge in [0.05, 0.1) is 11.0 Å². The minimum Gasteiger partial charge on any atom is -0.481 e. The molecule has 0 spiro atoms. The number of carbonyl (C=O) groups is 2. The van der Waals surface area contributed by atoms with Crippen LogP contribution in [-0.4, -0.2) is 35.6 Å². The maximum Gasteiger partial charge on any atom is 0.311 e. The summed E-state index contributed by atoms with van der Waals surface area (Å²) in [6.07, 6.45) is 6.14. The van der Waals surface area contributed by atoms with Crippen molar-refractivity contribution in [2.75, 3.05) is 13.1 Å². The number of rotatable bonds is 4. The SMILES string of the molecule is CC1(C(=O)NCC2(C(=O)O)CCCCC2)CCCN1. The van der Waals surface area contributed by atoms with Crippen LogP contribution in [0.3, 0.4) is 0 Å². The van der Waals surface area contributed by atoms with Gasteiger partial charge in [0.15, 0.2) is 0 Å². The largest absolute Gasteiger partial charge is 0.481 e. The number of carboxylic acids is 1. The van der Waals surface area contributed by atoms with Crippen LogP contribution in [0, 0.1) is 5.41 Å². The Labute approximate surface area is 114 Å². The Hall–Kier alpha value is -1.10. The minimum absolute atomic E-state index is 0.0591. The van der Waals surface area contributed by atoms with Crippen LogP contribution in [0.5, 0.6) is 0 Å². The van der Waals surface area contributed by atoms with Crippen LogP contribution in [-0.2, 0) is 9.59 Å². The van der Waals surface area contributed by atoms with Gasteiger partial charge in [0.2, 0.25) is 5.91 Å². The number of carboxylic acid groups (broad SMARTS) is 1. The summed E-state index contributed by atoms with van der Waals surface area (Å²) in [5, 5.41) is 15.5. The van der Waals surface area contributed by atoms with Gasteiger partial charge in [-0.25, -0.2) is 0 Å². The Balaban J connectivity index is 1.95. The van der Waals surface area contributed by atoms with E-state index in [2.05, 4.69) is 10.6 Å². The molecule has 0 aromatic rings. The lowest BCUT2D eigenvalue weighted by molar-refractivity contribution is -0.151. The van der Waals surface area contributed by atoms with E-state index in [-0.39, 0.29) is 12.5 Å². The molecule has 5 heteroatoms. The van der Waals surface area contributed by atoms with Gasteiger partial charge in [-0.1, -0.05) is 19.3 Å². The van der Waals surface area contributed by atoms with Gasteiger partial charge < -0.3 is 15.7 Å². The van der Waals surface area contributed by atoms with Gasteiger partial charge in [-0.2, -0.15) is 0 Å². The summed E-state index contributed by atoms with van der Waals surface area (Å²) in [7, 11) is 0. The Morgan fingerprint density at radius 3 is 2.37 bits per heavy atom. The van der Waals surface area contributed by atoms with E-state index in [1.165, 1.54) is 0 Å². The van der Waals surface area contributed by atoms with Crippen molar-refractivity contribution in [3.05, 3.63) is 0 Å². The molecule has 0 radical (unpaired) electrons. The summed E-state index contributed by atoms with van der Waals surface area (Å²) >= 11 is 0. The van der Waals surface area contributed by atoms with Crippen LogP contribution >= 0.6 is 0 Å². The summed E-state index contributed by atoms with van der Waals surface area (Å²) in [6, 6.07) is 0. The molecule has 1 aliphatic carbocycles. The van der Waals surface area contributed by atoms with E-state index in [0.717, 1.165) is 38.6 Å². The molecule has 1 heterocycles. The Morgan fingerprint density at radius 1 is 1.16 bits per heavy atom. The van der Waals surface area contributed by atoms with E-state index in [1.807, 2.05) is 6.92 Å². The Bertz CT molecular complexity index is 356. The summed E-state index contributed by atoms with van der Waals surface area (Å²) in [6.45, 7) is 3.01. The zero-order valence-corrected chi connectivity index (χ0v) is 11.6. The van der Waals surface area contributed by atoms with E-state index >= 15 is 0 Å². The third kappa shape index (κ3) is 2.91. The lowest BCUT2D eigenvalue weighted by Crippen LogP contribution is -2.54. The number of hydrogen-bond donors (Lipinski definition) is 3. The lowest BCUT2D eigenvalue weighted by atomic mass is 9.74. The van der Waals surface area contributed by atoms with Gasteiger partial charge in [0.25, 0.3) is 0 Å². The smallest absolute Gasteiger partial charge is 0.311 e. The molecular formula is C14H24N2O3. The van der Waals surface area contributed by atoms with Crippen molar-refractivity contribution >= 4 is 11.9 Å². The first-order valence-corrected chi connectivity index (χ1v) is 7.25. The summed E-state index contributed by atoms with van der Waals surface area (Å²) < 4.78 is 0. The summed E-state index contributed by atoms with van der Waals surface area (Å²) in [4.78, 5) is 23.7. The highest BCUT2D eigenvalue weighted by molar-refractivity contribution is 5.87. The van der Waals surface area contributed by atoms with Gasteiger partial charge in [-0.05, 0) is 39.2 Å². The van der Waals surface area contributed by atoms with Gasteiger partial charge >= 0.3 is 5.97 Å². The Kier molecular flexibility index (Phi) is 4.13. The van der Waals surface area contributed by atoms with Gasteiger partial charge in [0, 0.05) is 6.54 Å². The van der Waals surface area contributed by atoms with Crippen LogP contribution in [0.25, 0.3) is 0 Å². The predicted octanol–water partition coefficient (Wildman–Crippen LogP) is 1.28. The van der Waals surface area contributed by atoms with Gasteiger partial charge in [-0.3, -0.25) is 9.59 Å². The topological polar surface area (TPSA) is 78.4 Å². The lowest BCUT2D eigenvalue weighted by Gasteiger charge is -2.34. The van der Waals surface area contributed by atoms with Gasteiger partial charge in [-0.15, -0.1) is 0 Å². The number of carbonyl (C=O) groups excluding carboxylic acids is 1. The molecular weight excluding hydrogens is 244 g/mol. The van der Waals surface area contributed by atoms with E-state index in [0.29, 0.717) is 12.8 Å². The maximum atomic E-state index is 12.2. The second kappa shape index (κ2) is 5.49. The summed E-state index contributed by atoms with van der Waals surface area (Å²) in [5.41, 5.74) is -1.27. The molecule has 2 aliphatic rings. The van der Waals surface area contributed by atoms with Crippen LogP contribution in [0.1, 0.15) is 51.9 Å². The average molecular weight is 268 g/mol. The molecule has 2 fully saturated rings. The second-order valence-corrected chi connectivity index (χ2v) is 6.19. The highest BCUT2D eigenvalue weighted by Crippen LogP contribution is 2.36. The normalized spacial score (nSPS) is 29.9. The Morgan fingerprint density at radius 2 is 1.84 bits per heavy atom. The maximum absolute atomic E-state index is 12.2. The fourth-order valence-corrected chi connectivity index (χ4v) is 3.23. The first-order valence-electron chi connectivity index (χ1n) is 7.25. The standard InChI is InChI=1S/C14H24N2O3/c1-13(6-5-9-16-13)11(17)15-10-14(12(18)19)7-3-2-4-8-14/h16H,2-10H2,1H3,(H,15,17)(H,18,19). The molecule has 19 heavy (non-hydrogen) atoms. The monoisotopic (exact) mass is 268 g/mol. The molecule has 1 amide bonds. The zero-order chi connectivity index (χ0) is 13.9. The molecule has 1 saturated carbocycles. The number of amides is 1. The van der Waals surface area contributed by atoms with E-state index in [4.69, 9.17) is 0 Å². The van der Waals surface area contributed by atoms with Crippen molar-refractivity contribution in [3.8, 4) is 0 Å². The van der Waals surface area contributed by atoms with Crippen molar-refractivity contribution in [2.45, 2.75) is 57.4 Å². The molecule has 5 nitrogen and oxygen atoms in total.